The molecule has 0 saturated carbocycles. The number of benzene rings is 1. The highest BCUT2D eigenvalue weighted by Crippen LogP contribution is 2.35. The van der Waals surface area contributed by atoms with Gasteiger partial charge in [0.05, 0.1) is 5.52 Å². The molecule has 122 valence electrons. The zero-order chi connectivity index (χ0) is 16.5. The molecule has 4 rings (SSSR count). The number of ether oxygens (including phenoxy) is 3. The van der Waals surface area contributed by atoms with Crippen molar-refractivity contribution < 1.29 is 19.0 Å². The first-order valence-electron chi connectivity index (χ1n) is 7.49. The molecule has 1 aliphatic rings. The number of rotatable bonds is 4. The zero-order valence-corrected chi connectivity index (χ0v) is 12.9. The second-order valence-corrected chi connectivity index (χ2v) is 5.38. The van der Waals surface area contributed by atoms with Crippen LogP contribution in [0.3, 0.4) is 0 Å². The summed E-state index contributed by atoms with van der Waals surface area (Å²) in [6.07, 6.45) is 2.83. The van der Waals surface area contributed by atoms with Gasteiger partial charge in [-0.2, -0.15) is 5.10 Å². The van der Waals surface area contributed by atoms with Crippen LogP contribution in [-0.2, 0) is 4.79 Å². The summed E-state index contributed by atoms with van der Waals surface area (Å²) in [5, 5.41) is 6.95. The van der Waals surface area contributed by atoms with E-state index in [0.29, 0.717) is 22.9 Å². The van der Waals surface area contributed by atoms with Gasteiger partial charge < -0.3 is 19.5 Å². The van der Waals surface area contributed by atoms with Crippen LogP contribution in [0.1, 0.15) is 6.92 Å². The molecule has 1 N–H and O–H groups in total. The van der Waals surface area contributed by atoms with Crippen LogP contribution in [0.15, 0.2) is 48.8 Å². The molecular formula is C17H15N3O4. The summed E-state index contributed by atoms with van der Waals surface area (Å²) in [5.74, 6) is 1.60. The molecule has 7 heteroatoms. The Morgan fingerprint density at radius 1 is 1.25 bits per heavy atom. The number of pyridine rings is 1. The molecule has 0 spiro atoms. The zero-order valence-electron chi connectivity index (χ0n) is 12.9. The highest BCUT2D eigenvalue weighted by atomic mass is 16.7. The van der Waals surface area contributed by atoms with Crippen molar-refractivity contribution in [1.82, 2.24) is 9.61 Å². The maximum absolute atomic E-state index is 12.3. The quantitative estimate of drug-likeness (QED) is 0.797. The van der Waals surface area contributed by atoms with Crippen molar-refractivity contribution in [3.63, 3.8) is 0 Å². The molecule has 1 atom stereocenters. The van der Waals surface area contributed by atoms with Crippen LogP contribution in [-0.4, -0.2) is 28.4 Å². The number of hydrogen-bond donors (Lipinski definition) is 1. The minimum Gasteiger partial charge on any atom is -0.481 e. The highest BCUT2D eigenvalue weighted by Gasteiger charge is 2.18. The van der Waals surface area contributed by atoms with Gasteiger partial charge in [0.25, 0.3) is 5.91 Å². The number of hydrogen-bond acceptors (Lipinski definition) is 5. The van der Waals surface area contributed by atoms with E-state index in [-0.39, 0.29) is 12.7 Å². The summed E-state index contributed by atoms with van der Waals surface area (Å²) >= 11 is 0. The molecule has 3 heterocycles. The van der Waals surface area contributed by atoms with E-state index in [1.54, 1.807) is 48.1 Å². The SMILES string of the molecule is CC(Oc1ccc2c(c1)OCO2)C(=O)Nc1ccn2nccc2c1. The Morgan fingerprint density at radius 3 is 3.04 bits per heavy atom. The summed E-state index contributed by atoms with van der Waals surface area (Å²) in [6.45, 7) is 1.89. The molecule has 0 bridgehead atoms. The summed E-state index contributed by atoms with van der Waals surface area (Å²) < 4.78 is 18.0. The van der Waals surface area contributed by atoms with Crippen molar-refractivity contribution in [3.8, 4) is 17.2 Å². The van der Waals surface area contributed by atoms with Crippen molar-refractivity contribution in [1.29, 1.82) is 0 Å². The maximum atomic E-state index is 12.3. The van der Waals surface area contributed by atoms with Gasteiger partial charge in [-0.15, -0.1) is 0 Å². The summed E-state index contributed by atoms with van der Waals surface area (Å²) in [6, 6.07) is 10.7. The second-order valence-electron chi connectivity index (χ2n) is 5.38. The molecule has 0 saturated heterocycles. The largest absolute Gasteiger partial charge is 0.481 e. The predicted octanol–water partition coefficient (Wildman–Crippen LogP) is 2.47. The molecule has 0 radical (unpaired) electrons. The third-order valence-electron chi connectivity index (χ3n) is 3.69. The smallest absolute Gasteiger partial charge is 0.265 e. The minimum atomic E-state index is -0.661. The van der Waals surface area contributed by atoms with Crippen LogP contribution in [0.5, 0.6) is 17.2 Å². The van der Waals surface area contributed by atoms with Gasteiger partial charge in [0.2, 0.25) is 6.79 Å². The van der Waals surface area contributed by atoms with E-state index < -0.39 is 6.10 Å². The molecule has 0 fully saturated rings. The van der Waals surface area contributed by atoms with E-state index in [2.05, 4.69) is 10.4 Å². The third kappa shape index (κ3) is 2.71. The molecule has 1 unspecified atom stereocenters. The molecule has 1 aliphatic heterocycles. The number of aromatic nitrogens is 2. The lowest BCUT2D eigenvalue weighted by molar-refractivity contribution is -0.122. The molecule has 2 aromatic heterocycles. The number of fused-ring (bicyclic) bond motifs is 2. The first-order valence-corrected chi connectivity index (χ1v) is 7.49. The lowest BCUT2D eigenvalue weighted by Crippen LogP contribution is -2.30. The average Bonchev–Trinajstić information content (AvgIpc) is 3.22. The third-order valence-corrected chi connectivity index (χ3v) is 3.69. The monoisotopic (exact) mass is 325 g/mol. The Balaban J connectivity index is 1.43. The predicted molar refractivity (Wildman–Crippen MR) is 86.5 cm³/mol. The first kappa shape index (κ1) is 14.4. The van der Waals surface area contributed by atoms with Crippen LogP contribution >= 0.6 is 0 Å². The van der Waals surface area contributed by atoms with Gasteiger partial charge in [0, 0.05) is 24.1 Å². The molecule has 1 amide bonds. The Kier molecular flexibility index (Phi) is 3.45. The van der Waals surface area contributed by atoms with E-state index in [4.69, 9.17) is 14.2 Å². The Morgan fingerprint density at radius 2 is 2.12 bits per heavy atom. The molecule has 24 heavy (non-hydrogen) atoms. The molecule has 1 aromatic carbocycles. The minimum absolute atomic E-state index is 0.200. The first-order chi connectivity index (χ1) is 11.7. The van der Waals surface area contributed by atoms with Gasteiger partial charge in [-0.1, -0.05) is 0 Å². The lowest BCUT2D eigenvalue weighted by atomic mass is 10.3. The lowest BCUT2D eigenvalue weighted by Gasteiger charge is -2.15. The number of carbonyl (C=O) groups is 1. The summed E-state index contributed by atoms with van der Waals surface area (Å²) in [7, 11) is 0. The number of amides is 1. The van der Waals surface area contributed by atoms with Crippen molar-refractivity contribution in [3.05, 3.63) is 48.8 Å². The maximum Gasteiger partial charge on any atom is 0.265 e. The van der Waals surface area contributed by atoms with Crippen molar-refractivity contribution in [2.45, 2.75) is 13.0 Å². The van der Waals surface area contributed by atoms with Gasteiger partial charge in [0.1, 0.15) is 5.75 Å². The van der Waals surface area contributed by atoms with Gasteiger partial charge in [0.15, 0.2) is 17.6 Å². The van der Waals surface area contributed by atoms with Crippen LogP contribution in [0, 0.1) is 0 Å². The molecule has 3 aromatic rings. The molecule has 7 nitrogen and oxygen atoms in total. The van der Waals surface area contributed by atoms with Crippen LogP contribution in [0.25, 0.3) is 5.52 Å². The number of nitrogens with one attached hydrogen (secondary N) is 1. The van der Waals surface area contributed by atoms with E-state index >= 15 is 0 Å². The molecule has 0 aliphatic carbocycles. The van der Waals surface area contributed by atoms with E-state index in [0.717, 1.165) is 5.52 Å². The summed E-state index contributed by atoms with van der Waals surface area (Å²) in [4.78, 5) is 12.3. The highest BCUT2D eigenvalue weighted by molar-refractivity contribution is 5.94. The van der Waals surface area contributed by atoms with E-state index in [9.17, 15) is 4.79 Å². The van der Waals surface area contributed by atoms with Crippen LogP contribution < -0.4 is 19.5 Å². The van der Waals surface area contributed by atoms with Crippen molar-refractivity contribution in [2.24, 2.45) is 0 Å². The normalized spacial score (nSPS) is 13.7. The fourth-order valence-electron chi connectivity index (χ4n) is 2.45. The van der Waals surface area contributed by atoms with Crippen LogP contribution in [0.4, 0.5) is 5.69 Å². The Hall–Kier alpha value is -3.22. The Labute approximate surface area is 137 Å². The summed E-state index contributed by atoms with van der Waals surface area (Å²) in [5.41, 5.74) is 1.59. The second kappa shape index (κ2) is 5.77. The van der Waals surface area contributed by atoms with Crippen molar-refractivity contribution in [2.75, 3.05) is 12.1 Å². The Bertz CT molecular complexity index is 906. The average molecular weight is 325 g/mol. The number of carbonyl (C=O) groups excluding carboxylic acids is 1. The van der Waals surface area contributed by atoms with Gasteiger partial charge in [-0.3, -0.25) is 4.79 Å². The van der Waals surface area contributed by atoms with Gasteiger partial charge >= 0.3 is 0 Å². The van der Waals surface area contributed by atoms with E-state index in [1.165, 1.54) is 0 Å². The van der Waals surface area contributed by atoms with Crippen LogP contribution in [0.2, 0.25) is 0 Å². The number of nitrogens with zero attached hydrogens (tertiary/aromatic N) is 2. The molecular weight excluding hydrogens is 310 g/mol. The standard InChI is InChI=1S/C17H15N3O4/c1-11(24-14-2-3-15-16(9-14)23-10-22-15)17(21)19-12-5-7-20-13(8-12)4-6-18-20/h2-9,11H,10H2,1H3,(H,19,21). The van der Waals surface area contributed by atoms with E-state index in [1.807, 2.05) is 12.1 Å². The fourth-order valence-corrected chi connectivity index (χ4v) is 2.45. The van der Waals surface area contributed by atoms with Gasteiger partial charge in [-0.05, 0) is 37.3 Å². The van der Waals surface area contributed by atoms with Gasteiger partial charge in [-0.25, -0.2) is 4.52 Å². The topological polar surface area (TPSA) is 74.1 Å². The number of anilines is 1. The van der Waals surface area contributed by atoms with Crippen molar-refractivity contribution >= 4 is 17.1 Å². The fraction of sp³-hybridized carbons (Fsp3) is 0.176.